The highest BCUT2D eigenvalue weighted by molar-refractivity contribution is 7.88. The van der Waals surface area contributed by atoms with Crippen LogP contribution in [-0.2, 0) is 39.5 Å². The van der Waals surface area contributed by atoms with Crippen LogP contribution in [-0.4, -0.2) is 112 Å². The van der Waals surface area contributed by atoms with E-state index >= 15 is 0 Å². The second kappa shape index (κ2) is 22.9. The lowest BCUT2D eigenvalue weighted by atomic mass is 9.91. The minimum atomic E-state index is -3.20. The molecule has 0 spiro atoms. The molecule has 2 aliphatic rings. The van der Waals surface area contributed by atoms with E-state index in [-0.39, 0.29) is 30.1 Å². The van der Waals surface area contributed by atoms with E-state index in [1.807, 2.05) is 62.5 Å². The summed E-state index contributed by atoms with van der Waals surface area (Å²) in [6.07, 6.45) is 11.2. The Morgan fingerprint density at radius 3 is 1.53 bits per heavy atom. The van der Waals surface area contributed by atoms with Gasteiger partial charge >= 0.3 is 0 Å². The van der Waals surface area contributed by atoms with E-state index in [0.717, 1.165) is 87.5 Å². The minimum Gasteiger partial charge on any atom is -0.391 e. The van der Waals surface area contributed by atoms with Gasteiger partial charge in [-0.15, -0.1) is 11.3 Å². The number of aromatic nitrogens is 6. The number of aliphatic hydroxyl groups is 1. The number of hydrogen-bond donors (Lipinski definition) is 1. The summed E-state index contributed by atoms with van der Waals surface area (Å²) in [5.41, 5.74) is 8.21. The second-order valence-corrected chi connectivity index (χ2v) is 24.8. The van der Waals surface area contributed by atoms with E-state index in [9.17, 15) is 41.2 Å². The summed E-state index contributed by atoms with van der Waals surface area (Å²) in [7, 11) is -2.57. The Bertz CT molecular complexity index is 3680. The molecule has 6 aromatic heterocycles. The topological polar surface area (TPSA) is 209 Å². The Hall–Kier alpha value is -6.70. The average Bonchev–Trinajstić information content (AvgIpc) is 4.30. The minimum absolute atomic E-state index is 0.205. The summed E-state index contributed by atoms with van der Waals surface area (Å²) in [6.45, 7) is 1.79. The van der Waals surface area contributed by atoms with E-state index in [1.54, 1.807) is 28.6 Å². The van der Waals surface area contributed by atoms with Gasteiger partial charge in [0.2, 0.25) is 20.0 Å². The number of hydrogen-bond acceptors (Lipinski definition) is 15. The van der Waals surface area contributed by atoms with E-state index in [1.165, 1.54) is 63.8 Å². The largest absolute Gasteiger partial charge is 0.391 e. The van der Waals surface area contributed by atoms with E-state index in [4.69, 9.17) is 19.9 Å². The molecule has 8 aromatic rings. The standard InChI is InChI=1S/C27H29FN6O3S2.C26H27FN6O2S2/c1-32(27-31-25(23(17-35)38-27)19-5-8-21(28)9-6-19)26-22(4-3-13-29)30-24-10-7-20(16-34(24)26)18-11-14-33(15-12-18)39(2,36)37;1-31(26-30-23(17-36-26)19-5-8-21(27)9-6-19)25-22(4-3-13-28)29-24-10-7-20(16-33(24)25)18-11-14-32(15-12-18)37(2,34)35/h5-10,16,18,35H,3-4,11-12,14-15,17H2,1-2H3;5-10,16-18H,3-4,11-12,14-15H2,1-2H3. The van der Waals surface area contributed by atoms with Crippen LogP contribution in [0.2, 0.25) is 0 Å². The van der Waals surface area contributed by atoms with Gasteiger partial charge in [-0.2, -0.15) is 10.5 Å². The summed E-state index contributed by atoms with van der Waals surface area (Å²) in [6, 6.07) is 24.7. The highest BCUT2D eigenvalue weighted by Crippen LogP contribution is 2.40. The van der Waals surface area contributed by atoms with E-state index < -0.39 is 20.0 Å². The highest BCUT2D eigenvalue weighted by atomic mass is 32.2. The molecule has 0 aliphatic carbocycles. The second-order valence-electron chi connectivity index (χ2n) is 18.9. The quantitative estimate of drug-likeness (QED) is 0.102. The molecule has 23 heteroatoms. The van der Waals surface area contributed by atoms with E-state index in [2.05, 4.69) is 24.4 Å². The van der Waals surface area contributed by atoms with Crippen molar-refractivity contribution in [2.75, 3.05) is 62.6 Å². The molecule has 2 aromatic carbocycles. The monoisotopic (exact) mass is 1110 g/mol. The Kier molecular flexibility index (Phi) is 16.3. The first-order valence-electron chi connectivity index (χ1n) is 24.6. The third kappa shape index (κ3) is 11.8. The molecule has 76 heavy (non-hydrogen) atoms. The first-order valence-corrected chi connectivity index (χ1v) is 30.0. The molecule has 2 saturated heterocycles. The number of sulfonamides is 2. The third-order valence-electron chi connectivity index (χ3n) is 13.9. The molecule has 2 fully saturated rings. The number of rotatable bonds is 15. The van der Waals surface area contributed by atoms with Gasteiger partial charge in [-0.05, 0) is 109 Å². The van der Waals surface area contributed by atoms with Crippen LogP contribution in [0.5, 0.6) is 0 Å². The number of imidazole rings is 2. The first kappa shape index (κ1) is 54.1. The van der Waals surface area contributed by atoms with Crippen molar-refractivity contribution in [1.29, 1.82) is 10.5 Å². The van der Waals surface area contributed by atoms with Crippen molar-refractivity contribution in [2.45, 2.75) is 69.8 Å². The van der Waals surface area contributed by atoms with Gasteiger partial charge in [0, 0.05) is 94.9 Å². The maximum absolute atomic E-state index is 13.5. The van der Waals surface area contributed by atoms with E-state index in [0.29, 0.717) is 73.1 Å². The van der Waals surface area contributed by atoms with Gasteiger partial charge in [-0.3, -0.25) is 8.80 Å². The van der Waals surface area contributed by atoms with Gasteiger partial charge in [0.15, 0.2) is 10.3 Å². The zero-order valence-electron chi connectivity index (χ0n) is 42.3. The van der Waals surface area contributed by atoms with Crippen LogP contribution in [0, 0.1) is 34.3 Å². The third-order valence-corrected chi connectivity index (χ3v) is 18.5. The van der Waals surface area contributed by atoms with Crippen LogP contribution < -0.4 is 9.80 Å². The fraction of sp³-hybridized carbons (Fsp3) is 0.358. The van der Waals surface area contributed by atoms with Gasteiger partial charge in [0.05, 0.1) is 58.9 Å². The summed E-state index contributed by atoms with van der Waals surface area (Å²) in [5.74, 6) is 1.45. The van der Waals surface area contributed by atoms with Crippen molar-refractivity contribution in [3.05, 3.63) is 130 Å². The maximum Gasteiger partial charge on any atom is 0.211 e. The summed E-state index contributed by atoms with van der Waals surface area (Å²) in [5, 5.41) is 31.8. The molecule has 0 radical (unpaired) electrons. The number of anilines is 4. The molecular weight excluding hydrogens is 1050 g/mol. The van der Waals surface area contributed by atoms with Crippen LogP contribution in [0.25, 0.3) is 33.8 Å². The Balaban J connectivity index is 0.000000186. The summed E-state index contributed by atoms with van der Waals surface area (Å²) in [4.78, 5) is 23.8. The zero-order valence-corrected chi connectivity index (χ0v) is 45.6. The molecule has 0 unspecified atom stereocenters. The molecule has 1 N–H and O–H groups in total. The number of halogens is 2. The zero-order chi connectivity index (χ0) is 53.9. The van der Waals surface area contributed by atoms with Crippen molar-refractivity contribution in [1.82, 2.24) is 37.3 Å². The molecule has 0 bridgehead atoms. The number of aryl methyl sites for hydroxylation is 2. The van der Waals surface area contributed by atoms with Gasteiger partial charge < -0.3 is 14.9 Å². The van der Waals surface area contributed by atoms with Crippen LogP contribution in [0.15, 0.2) is 90.6 Å². The van der Waals surface area contributed by atoms with Crippen molar-refractivity contribution in [3.63, 3.8) is 0 Å². The maximum atomic E-state index is 13.5. The van der Waals surface area contributed by atoms with Crippen LogP contribution in [0.4, 0.5) is 30.7 Å². The van der Waals surface area contributed by atoms with Gasteiger partial charge in [0.25, 0.3) is 0 Å². The smallest absolute Gasteiger partial charge is 0.211 e. The van der Waals surface area contributed by atoms with Gasteiger partial charge in [-0.25, -0.2) is 54.2 Å². The number of aliphatic hydroxyl groups excluding tert-OH is 1. The number of benzene rings is 2. The number of fused-ring (bicyclic) bond motifs is 2. The SMILES string of the molecule is CN(c1nc(-c2ccc(F)cc2)c(CO)s1)c1c(CCC#N)nc2ccc(C3CCN(S(C)(=O)=O)CC3)cn12.CN(c1nc(-c2ccc(F)cc2)cs1)c1c(CCC#N)nc2ccc(C3CCN(S(C)(=O)=O)CC3)cn12. The molecule has 2 aliphatic heterocycles. The van der Waals surface area contributed by atoms with Crippen LogP contribution >= 0.6 is 22.7 Å². The number of pyridine rings is 2. The number of nitriles is 2. The molecule has 0 atom stereocenters. The normalized spacial score (nSPS) is 15.1. The van der Waals surface area contributed by atoms with Gasteiger partial charge in [-0.1, -0.05) is 23.5 Å². The first-order chi connectivity index (χ1) is 36.4. The highest BCUT2D eigenvalue weighted by Gasteiger charge is 2.30. The summed E-state index contributed by atoms with van der Waals surface area (Å²) >= 11 is 2.83. The molecular formula is C53H56F2N12O5S4. The lowest BCUT2D eigenvalue weighted by Gasteiger charge is -2.30. The molecule has 10 rings (SSSR count). The molecule has 0 amide bonds. The number of piperidine rings is 2. The molecule has 0 saturated carbocycles. The Morgan fingerprint density at radius 2 is 1.09 bits per heavy atom. The number of thiazole rings is 2. The fourth-order valence-corrected chi connectivity index (χ4v) is 13.3. The molecule has 8 heterocycles. The van der Waals surface area contributed by atoms with Crippen molar-refractivity contribution < 1.29 is 30.7 Å². The molecule has 17 nitrogen and oxygen atoms in total. The Labute approximate surface area is 448 Å². The van der Waals surface area contributed by atoms with Gasteiger partial charge in [0.1, 0.15) is 34.6 Å². The summed E-state index contributed by atoms with van der Waals surface area (Å²) < 4.78 is 81.7. The average molecular weight is 1110 g/mol. The predicted octanol–water partition coefficient (Wildman–Crippen LogP) is 9.41. The van der Waals surface area contributed by atoms with Crippen LogP contribution in [0.1, 0.15) is 77.8 Å². The number of nitrogens with zero attached hydrogens (tertiary/aromatic N) is 12. The van der Waals surface area contributed by atoms with Crippen LogP contribution in [0.3, 0.4) is 0 Å². The predicted molar refractivity (Wildman–Crippen MR) is 292 cm³/mol. The Morgan fingerprint density at radius 1 is 0.645 bits per heavy atom. The van der Waals surface area contributed by atoms with Crippen molar-refractivity contribution >= 4 is 75.9 Å². The van der Waals surface area contributed by atoms with Crippen molar-refractivity contribution in [3.8, 4) is 34.7 Å². The lowest BCUT2D eigenvalue weighted by molar-refractivity contribution is 0.286. The fourth-order valence-electron chi connectivity index (χ4n) is 9.89. The van der Waals surface area contributed by atoms with Crippen molar-refractivity contribution in [2.24, 2.45) is 0 Å². The lowest BCUT2D eigenvalue weighted by Crippen LogP contribution is -2.37. The molecule has 396 valence electrons.